The fraction of sp³-hybridized carbons (Fsp3) is 0.0909. The molecule has 152 valence electrons. The Balaban J connectivity index is 1.46. The summed E-state index contributed by atoms with van der Waals surface area (Å²) in [4.78, 5) is 19.7. The number of halogens is 1. The number of fused-ring (bicyclic) bond motifs is 1. The summed E-state index contributed by atoms with van der Waals surface area (Å²) < 4.78 is 25.6. The fourth-order valence-corrected chi connectivity index (χ4v) is 4.57. The van der Waals surface area contributed by atoms with E-state index < -0.39 is 9.84 Å². The third kappa shape index (κ3) is 3.94. The number of H-pyrrole nitrogens is 1. The van der Waals surface area contributed by atoms with Gasteiger partial charge in [-0.2, -0.15) is 0 Å². The standard InChI is InChI=1S/C22H18ClN3O3S/c1-14-2-5-18(11-19(14)23)30(28,29)17-6-3-15(4-7-17)12-25-22(27)20-10-16-8-9-24-13-21(16)26-20/h2-11,13,26H,12H2,1H3,(H,25,27). The number of aryl methyl sites for hydroxylation is 1. The van der Waals surface area contributed by atoms with Gasteiger partial charge < -0.3 is 10.3 Å². The first-order valence-electron chi connectivity index (χ1n) is 9.16. The molecule has 0 atom stereocenters. The molecule has 0 aliphatic rings. The average Bonchev–Trinajstić information content (AvgIpc) is 3.18. The molecule has 0 saturated carbocycles. The van der Waals surface area contributed by atoms with Crippen LogP contribution in [0.25, 0.3) is 10.9 Å². The van der Waals surface area contributed by atoms with Crippen molar-refractivity contribution >= 4 is 38.2 Å². The van der Waals surface area contributed by atoms with Crippen molar-refractivity contribution in [3.8, 4) is 0 Å². The lowest BCUT2D eigenvalue weighted by atomic mass is 10.2. The van der Waals surface area contributed by atoms with Crippen LogP contribution in [0.2, 0.25) is 5.02 Å². The average molecular weight is 440 g/mol. The molecule has 0 spiro atoms. The number of benzene rings is 2. The third-order valence-electron chi connectivity index (χ3n) is 4.81. The second kappa shape index (κ2) is 7.93. The molecule has 2 aromatic carbocycles. The van der Waals surface area contributed by atoms with Gasteiger partial charge in [-0.05, 0) is 54.4 Å². The molecule has 4 aromatic rings. The van der Waals surface area contributed by atoms with Crippen molar-refractivity contribution in [2.75, 3.05) is 0 Å². The second-order valence-corrected chi connectivity index (χ2v) is 9.24. The molecule has 2 N–H and O–H groups in total. The van der Waals surface area contributed by atoms with E-state index in [9.17, 15) is 13.2 Å². The molecule has 1 amide bonds. The normalized spacial score (nSPS) is 11.5. The molecule has 0 fully saturated rings. The largest absolute Gasteiger partial charge is 0.349 e. The van der Waals surface area contributed by atoms with E-state index >= 15 is 0 Å². The first-order chi connectivity index (χ1) is 14.3. The molecule has 0 radical (unpaired) electrons. The molecule has 0 aliphatic carbocycles. The number of nitrogens with one attached hydrogen (secondary N) is 2. The van der Waals surface area contributed by atoms with Crippen LogP contribution in [-0.2, 0) is 16.4 Å². The number of carbonyl (C=O) groups excluding carboxylic acids is 1. The summed E-state index contributed by atoms with van der Waals surface area (Å²) >= 11 is 6.07. The van der Waals surface area contributed by atoms with Crippen LogP contribution < -0.4 is 5.32 Å². The number of amides is 1. The van der Waals surface area contributed by atoms with Gasteiger partial charge in [0.05, 0.1) is 21.5 Å². The Labute approximate surface area is 178 Å². The minimum absolute atomic E-state index is 0.146. The summed E-state index contributed by atoms with van der Waals surface area (Å²) in [6.45, 7) is 2.08. The molecule has 0 bridgehead atoms. The van der Waals surface area contributed by atoms with Crippen LogP contribution >= 0.6 is 11.6 Å². The molecular weight excluding hydrogens is 422 g/mol. The van der Waals surface area contributed by atoms with Gasteiger partial charge in [0.2, 0.25) is 9.84 Å². The van der Waals surface area contributed by atoms with E-state index in [0.717, 1.165) is 22.0 Å². The number of pyridine rings is 1. The molecular formula is C22H18ClN3O3S. The van der Waals surface area contributed by atoms with Crippen LogP contribution in [0.1, 0.15) is 21.6 Å². The molecule has 6 nitrogen and oxygen atoms in total. The SMILES string of the molecule is Cc1ccc(S(=O)(=O)c2ccc(CNC(=O)c3cc4ccncc4[nH]3)cc2)cc1Cl. The van der Waals surface area contributed by atoms with E-state index in [0.29, 0.717) is 10.7 Å². The van der Waals surface area contributed by atoms with Gasteiger partial charge in [-0.15, -0.1) is 0 Å². The van der Waals surface area contributed by atoms with Crippen molar-refractivity contribution in [2.24, 2.45) is 0 Å². The van der Waals surface area contributed by atoms with Crippen LogP contribution in [0.3, 0.4) is 0 Å². The van der Waals surface area contributed by atoms with Crippen molar-refractivity contribution in [3.63, 3.8) is 0 Å². The molecule has 8 heteroatoms. The summed E-state index contributed by atoms with van der Waals surface area (Å²) in [6.07, 6.45) is 3.32. The Morgan fingerprint density at radius 1 is 1.07 bits per heavy atom. The number of aromatic amines is 1. The molecule has 30 heavy (non-hydrogen) atoms. The van der Waals surface area contributed by atoms with E-state index in [2.05, 4.69) is 15.3 Å². The van der Waals surface area contributed by atoms with Gasteiger partial charge in [0, 0.05) is 23.2 Å². The summed E-state index contributed by atoms with van der Waals surface area (Å²) in [6, 6.07) is 14.7. The maximum atomic E-state index is 12.8. The van der Waals surface area contributed by atoms with Crippen molar-refractivity contribution in [1.82, 2.24) is 15.3 Å². The van der Waals surface area contributed by atoms with E-state index in [4.69, 9.17) is 11.6 Å². The van der Waals surface area contributed by atoms with Crippen LogP contribution in [-0.4, -0.2) is 24.3 Å². The molecule has 2 aromatic heterocycles. The Bertz CT molecular complexity index is 1310. The van der Waals surface area contributed by atoms with Crippen LogP contribution in [0.4, 0.5) is 0 Å². The van der Waals surface area contributed by atoms with E-state index in [-0.39, 0.29) is 22.2 Å². The first-order valence-corrected chi connectivity index (χ1v) is 11.0. The number of carbonyl (C=O) groups is 1. The van der Waals surface area contributed by atoms with Crippen molar-refractivity contribution in [3.05, 3.63) is 88.8 Å². The molecule has 0 unspecified atom stereocenters. The minimum Gasteiger partial charge on any atom is -0.349 e. The maximum absolute atomic E-state index is 12.8. The number of hydrogen-bond donors (Lipinski definition) is 2. The highest BCUT2D eigenvalue weighted by molar-refractivity contribution is 7.91. The number of nitrogens with zero attached hydrogens (tertiary/aromatic N) is 1. The topological polar surface area (TPSA) is 91.9 Å². The molecule has 0 saturated heterocycles. The van der Waals surface area contributed by atoms with Gasteiger partial charge in [0.15, 0.2) is 0 Å². The summed E-state index contributed by atoms with van der Waals surface area (Å²) in [5.74, 6) is -0.253. The van der Waals surface area contributed by atoms with E-state index in [1.54, 1.807) is 42.7 Å². The number of hydrogen-bond acceptors (Lipinski definition) is 4. The van der Waals surface area contributed by atoms with E-state index in [1.165, 1.54) is 18.2 Å². The fourth-order valence-electron chi connectivity index (χ4n) is 3.04. The molecule has 4 rings (SSSR count). The summed E-state index contributed by atoms with van der Waals surface area (Å²) in [7, 11) is -3.67. The molecule has 0 aliphatic heterocycles. The van der Waals surface area contributed by atoms with Gasteiger partial charge in [-0.25, -0.2) is 8.42 Å². The highest BCUT2D eigenvalue weighted by Crippen LogP contribution is 2.25. The van der Waals surface area contributed by atoms with Gasteiger partial charge in [-0.3, -0.25) is 9.78 Å². The lowest BCUT2D eigenvalue weighted by molar-refractivity contribution is 0.0946. The maximum Gasteiger partial charge on any atom is 0.267 e. The smallest absolute Gasteiger partial charge is 0.267 e. The van der Waals surface area contributed by atoms with E-state index in [1.807, 2.05) is 13.0 Å². The number of rotatable bonds is 5. The summed E-state index contributed by atoms with van der Waals surface area (Å²) in [5.41, 5.74) is 2.82. The van der Waals surface area contributed by atoms with Crippen LogP contribution in [0.5, 0.6) is 0 Å². The van der Waals surface area contributed by atoms with Crippen molar-refractivity contribution < 1.29 is 13.2 Å². The summed E-state index contributed by atoms with van der Waals surface area (Å²) in [5, 5.41) is 4.13. The van der Waals surface area contributed by atoms with Gasteiger partial charge in [0.25, 0.3) is 5.91 Å². The Morgan fingerprint density at radius 2 is 1.80 bits per heavy atom. The Hall–Kier alpha value is -3.16. The van der Waals surface area contributed by atoms with Crippen LogP contribution in [0, 0.1) is 6.92 Å². The Morgan fingerprint density at radius 3 is 2.50 bits per heavy atom. The van der Waals surface area contributed by atoms with Crippen molar-refractivity contribution in [1.29, 1.82) is 0 Å². The highest BCUT2D eigenvalue weighted by atomic mass is 35.5. The first kappa shape index (κ1) is 20.1. The highest BCUT2D eigenvalue weighted by Gasteiger charge is 2.18. The zero-order valence-electron chi connectivity index (χ0n) is 16.0. The second-order valence-electron chi connectivity index (χ2n) is 6.89. The molecule has 2 heterocycles. The zero-order chi connectivity index (χ0) is 21.3. The third-order valence-corrected chi connectivity index (χ3v) is 6.98. The minimum atomic E-state index is -3.67. The predicted molar refractivity (Wildman–Crippen MR) is 115 cm³/mol. The van der Waals surface area contributed by atoms with Gasteiger partial charge in [0.1, 0.15) is 5.69 Å². The zero-order valence-corrected chi connectivity index (χ0v) is 17.6. The van der Waals surface area contributed by atoms with Crippen LogP contribution in [0.15, 0.2) is 76.8 Å². The van der Waals surface area contributed by atoms with Crippen molar-refractivity contribution in [2.45, 2.75) is 23.3 Å². The predicted octanol–water partition coefficient (Wildman–Crippen LogP) is 4.29. The lowest BCUT2D eigenvalue weighted by Gasteiger charge is -2.08. The number of sulfone groups is 1. The quantitative estimate of drug-likeness (QED) is 0.485. The number of aromatic nitrogens is 2. The van der Waals surface area contributed by atoms with Gasteiger partial charge in [-0.1, -0.05) is 29.8 Å². The monoisotopic (exact) mass is 439 g/mol. The lowest BCUT2D eigenvalue weighted by Crippen LogP contribution is -2.23. The van der Waals surface area contributed by atoms with Gasteiger partial charge >= 0.3 is 0 Å². The Kier molecular flexibility index (Phi) is 5.32.